The van der Waals surface area contributed by atoms with Crippen molar-refractivity contribution in [2.24, 2.45) is 0 Å². The van der Waals surface area contributed by atoms with E-state index in [0.717, 1.165) is 25.0 Å². The molecule has 0 unspecified atom stereocenters. The third-order valence-electron chi connectivity index (χ3n) is 4.82. The first-order chi connectivity index (χ1) is 14.2. The predicted octanol–water partition coefficient (Wildman–Crippen LogP) is 3.36. The molecule has 2 aromatic heterocycles. The summed E-state index contributed by atoms with van der Waals surface area (Å²) in [5.74, 6) is 1.27. The normalized spacial score (nSPS) is 17.3. The fourth-order valence-corrected chi connectivity index (χ4v) is 4.12. The molecular weight excluding hydrogens is 388 g/mol. The molecule has 1 fully saturated rings. The van der Waals surface area contributed by atoms with E-state index in [-0.39, 0.29) is 17.3 Å². The Morgan fingerprint density at radius 1 is 1.28 bits per heavy atom. The maximum absolute atomic E-state index is 12.5. The second-order valence-corrected chi connectivity index (χ2v) is 8.30. The number of carbonyl (C=O) groups is 1. The van der Waals surface area contributed by atoms with Crippen LogP contribution in [0.3, 0.4) is 0 Å². The molecule has 3 aromatic rings. The van der Waals surface area contributed by atoms with Crippen molar-refractivity contribution in [2.45, 2.75) is 42.8 Å². The SMILES string of the molecule is C[C@H](Sc1nnc(-c2ccco2)n1Cc1ccccc1)C(=O)NC[C@@H]1CCCO1. The maximum Gasteiger partial charge on any atom is 0.233 e. The number of nitrogens with one attached hydrogen (secondary N) is 1. The van der Waals surface area contributed by atoms with E-state index in [1.54, 1.807) is 6.26 Å². The molecule has 0 radical (unpaired) electrons. The van der Waals surface area contributed by atoms with Gasteiger partial charge in [-0.05, 0) is 37.5 Å². The zero-order chi connectivity index (χ0) is 20.1. The van der Waals surface area contributed by atoms with Crippen LogP contribution in [0, 0.1) is 0 Å². The monoisotopic (exact) mass is 412 g/mol. The van der Waals surface area contributed by atoms with Gasteiger partial charge in [-0.3, -0.25) is 9.36 Å². The number of carbonyl (C=O) groups excluding carboxylic acids is 1. The summed E-state index contributed by atoms with van der Waals surface area (Å²) in [6.45, 7) is 3.81. The Hall–Kier alpha value is -2.58. The lowest BCUT2D eigenvalue weighted by molar-refractivity contribution is -0.120. The van der Waals surface area contributed by atoms with Crippen LogP contribution in [-0.2, 0) is 16.1 Å². The number of furan rings is 1. The van der Waals surface area contributed by atoms with E-state index in [1.807, 2.05) is 41.8 Å². The average molecular weight is 413 g/mol. The van der Waals surface area contributed by atoms with Gasteiger partial charge in [0, 0.05) is 13.2 Å². The molecule has 0 spiro atoms. The van der Waals surface area contributed by atoms with Crippen molar-refractivity contribution in [3.8, 4) is 11.6 Å². The van der Waals surface area contributed by atoms with Gasteiger partial charge in [-0.2, -0.15) is 0 Å². The number of rotatable bonds is 8. The van der Waals surface area contributed by atoms with Gasteiger partial charge < -0.3 is 14.5 Å². The van der Waals surface area contributed by atoms with Crippen molar-refractivity contribution in [3.63, 3.8) is 0 Å². The van der Waals surface area contributed by atoms with Crippen molar-refractivity contribution in [3.05, 3.63) is 54.3 Å². The van der Waals surface area contributed by atoms with Gasteiger partial charge in [0.05, 0.1) is 24.2 Å². The number of nitrogens with zero attached hydrogens (tertiary/aromatic N) is 3. The number of amides is 1. The third kappa shape index (κ3) is 4.89. The molecule has 2 atom stereocenters. The average Bonchev–Trinajstić information content (AvgIpc) is 3.50. The molecular formula is C21H24N4O3S. The molecule has 0 saturated carbocycles. The summed E-state index contributed by atoms with van der Waals surface area (Å²) >= 11 is 1.39. The van der Waals surface area contributed by atoms with Gasteiger partial charge in [-0.15, -0.1) is 10.2 Å². The molecule has 1 aliphatic heterocycles. The van der Waals surface area contributed by atoms with Crippen LogP contribution < -0.4 is 5.32 Å². The van der Waals surface area contributed by atoms with Crippen LogP contribution in [0.1, 0.15) is 25.3 Å². The summed E-state index contributed by atoms with van der Waals surface area (Å²) in [5.41, 5.74) is 1.12. The second kappa shape index (κ2) is 9.28. The van der Waals surface area contributed by atoms with Crippen LogP contribution in [-0.4, -0.2) is 45.2 Å². The molecule has 8 heteroatoms. The van der Waals surface area contributed by atoms with Gasteiger partial charge in [0.2, 0.25) is 11.7 Å². The van der Waals surface area contributed by atoms with E-state index in [2.05, 4.69) is 27.6 Å². The molecule has 4 rings (SSSR count). The maximum atomic E-state index is 12.5. The molecule has 1 saturated heterocycles. The quantitative estimate of drug-likeness (QED) is 0.571. The Bertz CT molecular complexity index is 921. The third-order valence-corrected chi connectivity index (χ3v) is 5.90. The fourth-order valence-electron chi connectivity index (χ4n) is 3.25. The lowest BCUT2D eigenvalue weighted by atomic mass is 10.2. The molecule has 0 bridgehead atoms. The zero-order valence-electron chi connectivity index (χ0n) is 16.3. The van der Waals surface area contributed by atoms with Gasteiger partial charge in [0.1, 0.15) is 0 Å². The van der Waals surface area contributed by atoms with Crippen molar-refractivity contribution < 1.29 is 13.9 Å². The summed E-state index contributed by atoms with van der Waals surface area (Å²) < 4.78 is 13.1. The first kappa shape index (κ1) is 19.7. The molecule has 1 N–H and O–H groups in total. The minimum Gasteiger partial charge on any atom is -0.461 e. The van der Waals surface area contributed by atoms with Gasteiger partial charge in [0.15, 0.2) is 10.9 Å². The van der Waals surface area contributed by atoms with Crippen molar-refractivity contribution >= 4 is 17.7 Å². The van der Waals surface area contributed by atoms with Gasteiger partial charge in [-0.25, -0.2) is 0 Å². The molecule has 1 amide bonds. The zero-order valence-corrected chi connectivity index (χ0v) is 17.1. The van der Waals surface area contributed by atoms with Crippen LogP contribution in [0.4, 0.5) is 0 Å². The predicted molar refractivity (Wildman–Crippen MR) is 111 cm³/mol. The van der Waals surface area contributed by atoms with Crippen molar-refractivity contribution in [2.75, 3.05) is 13.2 Å². The second-order valence-electron chi connectivity index (χ2n) is 7.00. The Labute approximate surface area is 173 Å². The van der Waals surface area contributed by atoms with Crippen LogP contribution in [0.5, 0.6) is 0 Å². The minimum absolute atomic E-state index is 0.0284. The smallest absolute Gasteiger partial charge is 0.233 e. The molecule has 7 nitrogen and oxygen atoms in total. The first-order valence-corrected chi connectivity index (χ1v) is 10.7. The largest absolute Gasteiger partial charge is 0.461 e. The lowest BCUT2D eigenvalue weighted by Gasteiger charge is -2.15. The Morgan fingerprint density at radius 3 is 2.86 bits per heavy atom. The lowest BCUT2D eigenvalue weighted by Crippen LogP contribution is -2.36. The molecule has 0 aliphatic carbocycles. The highest BCUT2D eigenvalue weighted by Crippen LogP contribution is 2.28. The minimum atomic E-state index is -0.306. The van der Waals surface area contributed by atoms with Gasteiger partial charge in [0.25, 0.3) is 0 Å². The van der Waals surface area contributed by atoms with Crippen molar-refractivity contribution in [1.29, 1.82) is 0 Å². The molecule has 29 heavy (non-hydrogen) atoms. The number of aromatic nitrogens is 3. The number of ether oxygens (including phenoxy) is 1. The van der Waals surface area contributed by atoms with Crippen LogP contribution in [0.2, 0.25) is 0 Å². The molecule has 3 heterocycles. The molecule has 152 valence electrons. The standard InChI is InChI=1S/C21H24N4O3S/c1-15(20(26)22-13-17-9-5-11-27-17)29-21-24-23-19(18-10-6-12-28-18)25(21)14-16-7-3-2-4-8-16/h2-4,6-8,10,12,15,17H,5,9,11,13-14H2,1H3,(H,22,26)/t15-,17-/m0/s1. The highest BCUT2D eigenvalue weighted by atomic mass is 32.2. The Kier molecular flexibility index (Phi) is 6.31. The number of thioether (sulfide) groups is 1. The number of benzene rings is 1. The number of hydrogen-bond donors (Lipinski definition) is 1. The van der Waals surface area contributed by atoms with Crippen LogP contribution >= 0.6 is 11.8 Å². The summed E-state index contributed by atoms with van der Waals surface area (Å²) in [6.07, 6.45) is 3.80. The van der Waals surface area contributed by atoms with Gasteiger partial charge >= 0.3 is 0 Å². The topological polar surface area (TPSA) is 82.2 Å². The van der Waals surface area contributed by atoms with E-state index < -0.39 is 0 Å². The van der Waals surface area contributed by atoms with E-state index >= 15 is 0 Å². The van der Waals surface area contributed by atoms with Crippen LogP contribution in [0.25, 0.3) is 11.6 Å². The highest BCUT2D eigenvalue weighted by Gasteiger charge is 2.23. The molecule has 1 aromatic carbocycles. The molecule has 1 aliphatic rings. The van der Waals surface area contributed by atoms with Crippen LogP contribution in [0.15, 0.2) is 58.3 Å². The Morgan fingerprint density at radius 2 is 2.14 bits per heavy atom. The summed E-state index contributed by atoms with van der Waals surface area (Å²) in [7, 11) is 0. The summed E-state index contributed by atoms with van der Waals surface area (Å²) in [5, 5.41) is 12.0. The van der Waals surface area contributed by atoms with Gasteiger partial charge in [-0.1, -0.05) is 42.1 Å². The summed E-state index contributed by atoms with van der Waals surface area (Å²) in [6, 6.07) is 13.8. The highest BCUT2D eigenvalue weighted by molar-refractivity contribution is 8.00. The van der Waals surface area contributed by atoms with E-state index in [0.29, 0.717) is 29.8 Å². The Balaban J connectivity index is 1.49. The number of hydrogen-bond acceptors (Lipinski definition) is 6. The fraction of sp³-hybridized carbons (Fsp3) is 0.381. The van der Waals surface area contributed by atoms with E-state index in [4.69, 9.17) is 9.15 Å². The first-order valence-electron chi connectivity index (χ1n) is 9.77. The van der Waals surface area contributed by atoms with Crippen molar-refractivity contribution in [1.82, 2.24) is 20.1 Å². The summed E-state index contributed by atoms with van der Waals surface area (Å²) in [4.78, 5) is 12.5. The van der Waals surface area contributed by atoms with E-state index in [1.165, 1.54) is 11.8 Å². The van der Waals surface area contributed by atoms with E-state index in [9.17, 15) is 4.79 Å².